The van der Waals surface area contributed by atoms with Crippen LogP contribution >= 0.6 is 11.3 Å². The molecule has 0 radical (unpaired) electrons. The molecule has 2 unspecified atom stereocenters. The molecule has 4 heteroatoms. The van der Waals surface area contributed by atoms with Crippen molar-refractivity contribution in [3.63, 3.8) is 0 Å². The third-order valence-corrected chi connectivity index (χ3v) is 5.34. The van der Waals surface area contributed by atoms with Gasteiger partial charge in [-0.15, -0.1) is 11.3 Å². The zero-order valence-corrected chi connectivity index (χ0v) is 10.8. The molecule has 1 aliphatic carbocycles. The summed E-state index contributed by atoms with van der Waals surface area (Å²) in [5, 5.41) is 1.17. The molecule has 3 rings (SSSR count). The normalized spacial score (nSPS) is 34.6. The number of aryl methyl sites for hydroxylation is 2. The van der Waals surface area contributed by atoms with Crippen LogP contribution in [0.15, 0.2) is 0 Å². The molecule has 0 aromatic carbocycles. The van der Waals surface area contributed by atoms with Gasteiger partial charge in [0.15, 0.2) is 0 Å². The third-order valence-electron chi connectivity index (χ3n) is 3.97. The van der Waals surface area contributed by atoms with Crippen LogP contribution in [-0.2, 0) is 18.4 Å². The lowest BCUT2D eigenvalue weighted by molar-refractivity contribution is 0.320. The van der Waals surface area contributed by atoms with E-state index in [2.05, 4.69) is 18.9 Å². The maximum atomic E-state index is 6.53. The second kappa shape index (κ2) is 3.52. The van der Waals surface area contributed by atoms with Crippen molar-refractivity contribution in [1.82, 2.24) is 9.88 Å². The van der Waals surface area contributed by atoms with Crippen LogP contribution < -0.4 is 5.73 Å². The fourth-order valence-corrected chi connectivity index (χ4v) is 4.16. The van der Waals surface area contributed by atoms with Gasteiger partial charge in [-0.2, -0.15) is 0 Å². The molecule has 3 nitrogen and oxygen atoms in total. The summed E-state index contributed by atoms with van der Waals surface area (Å²) in [4.78, 5) is 8.61. The molecule has 2 atom stereocenters. The van der Waals surface area contributed by atoms with Crippen LogP contribution in [0.1, 0.15) is 35.3 Å². The summed E-state index contributed by atoms with van der Waals surface area (Å²) in [5.74, 6) is 0. The van der Waals surface area contributed by atoms with Crippen molar-refractivity contribution < 1.29 is 0 Å². The molecule has 1 aromatic rings. The second-order valence-electron chi connectivity index (χ2n) is 5.37. The summed E-state index contributed by atoms with van der Waals surface area (Å²) in [6.45, 7) is 3.19. The number of fused-ring (bicyclic) bond motifs is 1. The van der Waals surface area contributed by atoms with Crippen molar-refractivity contribution in [1.29, 1.82) is 0 Å². The van der Waals surface area contributed by atoms with Crippen molar-refractivity contribution >= 4 is 11.3 Å². The van der Waals surface area contributed by atoms with Gasteiger partial charge in [0.2, 0.25) is 0 Å². The van der Waals surface area contributed by atoms with Gasteiger partial charge in [0.25, 0.3) is 0 Å². The van der Waals surface area contributed by atoms with E-state index < -0.39 is 0 Å². The van der Waals surface area contributed by atoms with Gasteiger partial charge in [-0.3, -0.25) is 0 Å². The smallest absolute Gasteiger partial charge is 0.114 e. The molecule has 88 valence electrons. The summed E-state index contributed by atoms with van der Waals surface area (Å²) in [6.07, 6.45) is 4.69. The number of hydrogen-bond donors (Lipinski definition) is 1. The number of thiazole rings is 1. The summed E-state index contributed by atoms with van der Waals surface area (Å²) in [6, 6.07) is 0.573. The second-order valence-corrected chi connectivity index (χ2v) is 6.45. The highest BCUT2D eigenvalue weighted by Crippen LogP contribution is 2.38. The van der Waals surface area contributed by atoms with E-state index in [0.29, 0.717) is 6.04 Å². The fraction of sp³-hybridized carbons (Fsp3) is 0.750. The Bertz CT molecular complexity index is 381. The molecule has 0 spiro atoms. The number of likely N-dealkylation sites (tertiary alicyclic amines) is 1. The van der Waals surface area contributed by atoms with E-state index in [0.717, 1.165) is 19.4 Å². The fourth-order valence-electron chi connectivity index (χ4n) is 2.91. The molecular formula is C12H19N3S. The van der Waals surface area contributed by atoms with Crippen LogP contribution in [-0.4, -0.2) is 29.5 Å². The Morgan fingerprint density at radius 2 is 2.31 bits per heavy atom. The van der Waals surface area contributed by atoms with Crippen molar-refractivity contribution in [2.24, 2.45) is 5.73 Å². The van der Waals surface area contributed by atoms with E-state index in [1.807, 2.05) is 11.3 Å². The lowest BCUT2D eigenvalue weighted by atomic mass is 9.99. The summed E-state index contributed by atoms with van der Waals surface area (Å²) in [5.41, 5.74) is 7.66. The maximum Gasteiger partial charge on any atom is 0.114 e. The number of nitrogens with zero attached hydrogens (tertiary/aromatic N) is 2. The number of aromatic nitrogens is 1. The minimum Gasteiger partial charge on any atom is -0.318 e. The van der Waals surface area contributed by atoms with Gasteiger partial charge < -0.3 is 10.6 Å². The van der Waals surface area contributed by atoms with E-state index in [1.54, 1.807) is 0 Å². The van der Waals surface area contributed by atoms with Gasteiger partial charge >= 0.3 is 0 Å². The first-order valence-electron chi connectivity index (χ1n) is 6.07. The number of hydrogen-bond acceptors (Lipinski definition) is 4. The molecular weight excluding hydrogens is 218 g/mol. The van der Waals surface area contributed by atoms with Gasteiger partial charge in [-0.05, 0) is 39.7 Å². The molecule has 1 aromatic heterocycles. The Labute approximate surface area is 101 Å². The monoisotopic (exact) mass is 237 g/mol. The van der Waals surface area contributed by atoms with Crippen LogP contribution in [0.5, 0.6) is 0 Å². The lowest BCUT2D eigenvalue weighted by Crippen LogP contribution is -2.39. The molecule has 1 fully saturated rings. The van der Waals surface area contributed by atoms with E-state index in [-0.39, 0.29) is 5.54 Å². The molecule has 16 heavy (non-hydrogen) atoms. The van der Waals surface area contributed by atoms with E-state index in [1.165, 1.54) is 28.4 Å². The van der Waals surface area contributed by atoms with Crippen molar-refractivity contribution in [3.8, 4) is 0 Å². The number of likely N-dealkylation sites (N-methyl/N-ethyl adjacent to an activating group) is 1. The Hall–Kier alpha value is -0.450. The molecule has 2 aliphatic rings. The number of nitrogens with two attached hydrogens (primary N) is 1. The topological polar surface area (TPSA) is 42.1 Å². The Balaban J connectivity index is 1.91. The minimum absolute atomic E-state index is 0.191. The van der Waals surface area contributed by atoms with Crippen LogP contribution in [0.4, 0.5) is 0 Å². The Kier molecular flexibility index (Phi) is 2.35. The average Bonchev–Trinajstić information content (AvgIpc) is 2.80. The Morgan fingerprint density at radius 1 is 1.50 bits per heavy atom. The first kappa shape index (κ1) is 10.7. The Morgan fingerprint density at radius 3 is 2.94 bits per heavy atom. The standard InChI is InChI=1S/C12H19N3S/c1-8-6-12(13,7-15(8)2)11-14-9-4-3-5-10(9)16-11/h8H,3-7,13H2,1-2H3. The van der Waals surface area contributed by atoms with Gasteiger partial charge in [0.05, 0.1) is 11.2 Å². The van der Waals surface area contributed by atoms with Crippen LogP contribution in [0.2, 0.25) is 0 Å². The lowest BCUT2D eigenvalue weighted by Gasteiger charge is -2.20. The molecule has 0 amide bonds. The van der Waals surface area contributed by atoms with E-state index in [9.17, 15) is 0 Å². The number of rotatable bonds is 1. The van der Waals surface area contributed by atoms with Gasteiger partial charge in [0.1, 0.15) is 5.01 Å². The van der Waals surface area contributed by atoms with Gasteiger partial charge in [-0.25, -0.2) is 4.98 Å². The van der Waals surface area contributed by atoms with Crippen LogP contribution in [0.25, 0.3) is 0 Å². The van der Waals surface area contributed by atoms with E-state index in [4.69, 9.17) is 10.7 Å². The highest BCUT2D eigenvalue weighted by molar-refractivity contribution is 7.12. The summed E-state index contributed by atoms with van der Waals surface area (Å²) in [7, 11) is 2.15. The SMILES string of the molecule is CC1CC(N)(c2nc3c(s2)CCC3)CN1C. The predicted octanol–water partition coefficient (Wildman–Crippen LogP) is 1.51. The molecule has 2 N–H and O–H groups in total. The zero-order valence-electron chi connectivity index (χ0n) is 9.99. The molecule has 2 heterocycles. The molecule has 1 aliphatic heterocycles. The van der Waals surface area contributed by atoms with Crippen LogP contribution in [0, 0.1) is 0 Å². The first-order chi connectivity index (χ1) is 7.58. The summed E-state index contributed by atoms with van der Waals surface area (Å²) >= 11 is 1.86. The minimum atomic E-state index is -0.191. The molecule has 0 saturated carbocycles. The van der Waals surface area contributed by atoms with E-state index >= 15 is 0 Å². The average molecular weight is 237 g/mol. The third kappa shape index (κ3) is 1.51. The molecule has 1 saturated heterocycles. The highest BCUT2D eigenvalue weighted by atomic mass is 32.1. The zero-order chi connectivity index (χ0) is 11.3. The van der Waals surface area contributed by atoms with Gasteiger partial charge in [-0.1, -0.05) is 0 Å². The highest BCUT2D eigenvalue weighted by Gasteiger charge is 2.41. The summed E-state index contributed by atoms with van der Waals surface area (Å²) < 4.78 is 0. The van der Waals surface area contributed by atoms with Crippen molar-refractivity contribution in [2.75, 3.05) is 13.6 Å². The maximum absolute atomic E-state index is 6.53. The van der Waals surface area contributed by atoms with Crippen LogP contribution in [0.3, 0.4) is 0 Å². The largest absolute Gasteiger partial charge is 0.318 e. The van der Waals surface area contributed by atoms with Crippen molar-refractivity contribution in [3.05, 3.63) is 15.6 Å². The molecule has 0 bridgehead atoms. The predicted molar refractivity (Wildman–Crippen MR) is 66.7 cm³/mol. The quantitative estimate of drug-likeness (QED) is 0.805. The first-order valence-corrected chi connectivity index (χ1v) is 6.88. The van der Waals surface area contributed by atoms with Crippen molar-refractivity contribution in [2.45, 2.75) is 44.2 Å². The van der Waals surface area contributed by atoms with Gasteiger partial charge in [0, 0.05) is 17.5 Å².